The number of aliphatic hydroxyl groups is 1. The first-order valence-electron chi connectivity index (χ1n) is 7.32. The van der Waals surface area contributed by atoms with E-state index in [4.69, 9.17) is 0 Å². The molecule has 1 aromatic rings. The smallest absolute Gasteiger partial charge is 0.128 e. The summed E-state index contributed by atoms with van der Waals surface area (Å²) in [6.45, 7) is 6.42. The van der Waals surface area contributed by atoms with Crippen molar-refractivity contribution in [2.75, 3.05) is 13.1 Å². The number of hydrogen-bond acceptors (Lipinski definition) is 1. The van der Waals surface area contributed by atoms with Crippen molar-refractivity contribution >= 4 is 0 Å². The highest BCUT2D eigenvalue weighted by Gasteiger charge is 2.11. The highest BCUT2D eigenvalue weighted by Crippen LogP contribution is 2.11. The fraction of sp³-hybridized carbons (Fsp3) is 0.625. The van der Waals surface area contributed by atoms with Crippen LogP contribution in [-0.2, 0) is 0 Å². The molecule has 0 saturated carbocycles. The van der Waals surface area contributed by atoms with Crippen molar-refractivity contribution in [2.24, 2.45) is 5.92 Å². The zero-order valence-electron chi connectivity index (χ0n) is 11.8. The molecule has 0 aliphatic rings. The Morgan fingerprint density at radius 2 is 1.83 bits per heavy atom. The van der Waals surface area contributed by atoms with Crippen LogP contribution in [0.4, 0.5) is 0 Å². The van der Waals surface area contributed by atoms with Crippen molar-refractivity contribution in [3.05, 3.63) is 35.9 Å². The summed E-state index contributed by atoms with van der Waals surface area (Å²) in [6, 6.07) is 9.93. The van der Waals surface area contributed by atoms with Crippen molar-refractivity contribution in [3.8, 4) is 0 Å². The average molecular weight is 250 g/mol. The van der Waals surface area contributed by atoms with Gasteiger partial charge in [0.25, 0.3) is 0 Å². The first-order chi connectivity index (χ1) is 8.77. The van der Waals surface area contributed by atoms with Crippen LogP contribution in [0.5, 0.6) is 0 Å². The van der Waals surface area contributed by atoms with Gasteiger partial charge < -0.3 is 10.4 Å². The molecule has 0 radical (unpaired) electrons. The lowest BCUT2D eigenvalue weighted by Crippen LogP contribution is -2.86. The largest absolute Gasteiger partial charge is 0.382 e. The lowest BCUT2D eigenvalue weighted by Gasteiger charge is -2.15. The Morgan fingerprint density at radius 3 is 2.44 bits per heavy atom. The molecule has 0 unspecified atom stereocenters. The van der Waals surface area contributed by atoms with Crippen LogP contribution < -0.4 is 5.32 Å². The molecular weight excluding hydrogens is 222 g/mol. The minimum absolute atomic E-state index is 0.338. The van der Waals surface area contributed by atoms with E-state index in [0.29, 0.717) is 0 Å². The van der Waals surface area contributed by atoms with Crippen molar-refractivity contribution in [3.63, 3.8) is 0 Å². The van der Waals surface area contributed by atoms with E-state index in [1.54, 1.807) is 0 Å². The van der Waals surface area contributed by atoms with Crippen LogP contribution in [-0.4, -0.2) is 18.2 Å². The Kier molecular flexibility index (Phi) is 7.70. The van der Waals surface area contributed by atoms with E-state index in [1.807, 2.05) is 30.3 Å². The summed E-state index contributed by atoms with van der Waals surface area (Å²) >= 11 is 0. The van der Waals surface area contributed by atoms with Gasteiger partial charge in [-0.25, -0.2) is 0 Å². The minimum atomic E-state index is -0.338. The second-order valence-electron chi connectivity index (χ2n) is 5.10. The Bertz CT molecular complexity index is 299. The summed E-state index contributed by atoms with van der Waals surface area (Å²) in [5.74, 6) is 0.799. The van der Waals surface area contributed by atoms with Gasteiger partial charge in [-0.05, 0) is 18.4 Å². The third-order valence-corrected chi connectivity index (χ3v) is 3.62. The zero-order valence-corrected chi connectivity index (χ0v) is 11.8. The van der Waals surface area contributed by atoms with Crippen LogP contribution in [0.15, 0.2) is 30.3 Å². The third kappa shape index (κ3) is 5.65. The molecule has 0 fully saturated rings. The zero-order chi connectivity index (χ0) is 13.2. The van der Waals surface area contributed by atoms with Gasteiger partial charge in [0, 0.05) is 5.92 Å². The molecule has 2 atom stereocenters. The second kappa shape index (κ2) is 9.12. The third-order valence-electron chi connectivity index (χ3n) is 3.62. The predicted molar refractivity (Wildman–Crippen MR) is 76.4 cm³/mol. The number of aliphatic hydroxyl groups excluding tert-OH is 1. The first-order valence-corrected chi connectivity index (χ1v) is 7.32. The monoisotopic (exact) mass is 250 g/mol. The van der Waals surface area contributed by atoms with Crippen LogP contribution in [0.1, 0.15) is 51.2 Å². The molecule has 2 nitrogen and oxygen atoms in total. The molecule has 0 spiro atoms. The van der Waals surface area contributed by atoms with Gasteiger partial charge in [0.2, 0.25) is 0 Å². The van der Waals surface area contributed by atoms with Gasteiger partial charge in [-0.3, -0.25) is 0 Å². The van der Waals surface area contributed by atoms with Gasteiger partial charge in [0.15, 0.2) is 0 Å². The number of unbranched alkanes of at least 4 members (excludes halogenated alkanes) is 1. The topological polar surface area (TPSA) is 36.8 Å². The van der Waals surface area contributed by atoms with Gasteiger partial charge in [-0.2, -0.15) is 0 Å². The molecule has 0 saturated heterocycles. The molecular formula is C16H28NO+. The van der Waals surface area contributed by atoms with Gasteiger partial charge in [0.1, 0.15) is 12.6 Å². The van der Waals surface area contributed by atoms with E-state index in [-0.39, 0.29) is 6.10 Å². The number of hydrogen-bond donors (Lipinski definition) is 2. The molecule has 0 aromatic heterocycles. The number of benzene rings is 1. The minimum Gasteiger partial charge on any atom is -0.382 e. The fourth-order valence-electron chi connectivity index (χ4n) is 2.28. The van der Waals surface area contributed by atoms with Crippen LogP contribution >= 0.6 is 0 Å². The summed E-state index contributed by atoms with van der Waals surface area (Å²) in [4.78, 5) is 0. The Labute approximate surface area is 111 Å². The van der Waals surface area contributed by atoms with Crippen molar-refractivity contribution in [1.29, 1.82) is 0 Å². The Balaban J connectivity index is 2.24. The summed E-state index contributed by atoms with van der Waals surface area (Å²) in [5.41, 5.74) is 1.02. The molecule has 0 heterocycles. The molecule has 0 aliphatic heterocycles. The quantitative estimate of drug-likeness (QED) is 0.694. The lowest BCUT2D eigenvalue weighted by molar-refractivity contribution is -0.667. The molecule has 102 valence electrons. The predicted octanol–water partition coefficient (Wildman–Crippen LogP) is 2.50. The maximum absolute atomic E-state index is 10.1. The SMILES string of the molecule is CCCC[C@@H](CC)C[NH2+]C[C@@H](O)c1ccccc1. The molecule has 0 aliphatic carbocycles. The molecule has 2 heteroatoms. The van der Waals surface area contributed by atoms with Crippen LogP contribution in [0.25, 0.3) is 0 Å². The first kappa shape index (κ1) is 15.2. The van der Waals surface area contributed by atoms with E-state index in [9.17, 15) is 5.11 Å². The van der Waals surface area contributed by atoms with Crippen molar-refractivity contribution < 1.29 is 10.4 Å². The highest BCUT2D eigenvalue weighted by molar-refractivity contribution is 5.16. The van der Waals surface area contributed by atoms with E-state index in [1.165, 1.54) is 25.7 Å². The lowest BCUT2D eigenvalue weighted by atomic mass is 9.99. The van der Waals surface area contributed by atoms with E-state index in [2.05, 4.69) is 19.2 Å². The van der Waals surface area contributed by atoms with Crippen LogP contribution in [0.2, 0.25) is 0 Å². The maximum atomic E-state index is 10.1. The van der Waals surface area contributed by atoms with Crippen molar-refractivity contribution in [2.45, 2.75) is 45.6 Å². The van der Waals surface area contributed by atoms with Crippen LogP contribution in [0, 0.1) is 5.92 Å². The van der Waals surface area contributed by atoms with E-state index >= 15 is 0 Å². The van der Waals surface area contributed by atoms with Gasteiger partial charge in [-0.15, -0.1) is 0 Å². The van der Waals surface area contributed by atoms with Gasteiger partial charge >= 0.3 is 0 Å². The average Bonchev–Trinajstić information content (AvgIpc) is 2.43. The Hall–Kier alpha value is -0.860. The molecule has 3 N–H and O–H groups in total. The number of rotatable bonds is 9. The summed E-state index contributed by atoms with van der Waals surface area (Å²) < 4.78 is 0. The fourth-order valence-corrected chi connectivity index (χ4v) is 2.28. The normalized spacial score (nSPS) is 14.4. The van der Waals surface area contributed by atoms with Gasteiger partial charge in [-0.1, -0.05) is 57.0 Å². The number of quaternary nitrogens is 1. The van der Waals surface area contributed by atoms with Gasteiger partial charge in [0.05, 0.1) is 6.54 Å². The molecule has 0 bridgehead atoms. The van der Waals surface area contributed by atoms with Crippen LogP contribution in [0.3, 0.4) is 0 Å². The van der Waals surface area contributed by atoms with Crippen molar-refractivity contribution in [1.82, 2.24) is 0 Å². The molecule has 18 heavy (non-hydrogen) atoms. The summed E-state index contributed by atoms with van der Waals surface area (Å²) in [5, 5.41) is 12.3. The summed E-state index contributed by atoms with van der Waals surface area (Å²) in [6.07, 6.45) is 4.84. The summed E-state index contributed by atoms with van der Waals surface area (Å²) in [7, 11) is 0. The molecule has 1 rings (SSSR count). The molecule has 0 amide bonds. The van der Waals surface area contributed by atoms with E-state index < -0.39 is 0 Å². The molecule has 1 aromatic carbocycles. The maximum Gasteiger partial charge on any atom is 0.128 e. The standard InChI is InChI=1S/C16H27NO/c1-3-5-9-14(4-2)12-17-13-16(18)15-10-7-6-8-11-15/h6-8,10-11,14,16-18H,3-5,9,12-13H2,1-2H3/p+1/t14-,16-/m1/s1. The second-order valence-corrected chi connectivity index (χ2v) is 5.10. The highest BCUT2D eigenvalue weighted by atomic mass is 16.3. The van der Waals surface area contributed by atoms with E-state index in [0.717, 1.165) is 24.6 Å². The number of nitrogens with two attached hydrogens (primary N) is 1. The Morgan fingerprint density at radius 1 is 1.11 bits per heavy atom.